The van der Waals surface area contributed by atoms with E-state index in [2.05, 4.69) is 48.9 Å². The first-order chi connectivity index (χ1) is 9.08. The van der Waals surface area contributed by atoms with Crippen LogP contribution >= 0.6 is 0 Å². The predicted molar refractivity (Wildman–Crippen MR) is 80.2 cm³/mol. The Labute approximate surface area is 117 Å². The van der Waals surface area contributed by atoms with Crippen LogP contribution in [0.5, 0.6) is 0 Å². The standard InChI is InChI=1S/C16H29N3/c1-5-19-11-10-18-15(19)12-14(17-4)13-8-6-7-9-16(13,2)3/h10-11,13-14,17H,5-9,12H2,1-4H3. The van der Waals surface area contributed by atoms with Gasteiger partial charge in [0.15, 0.2) is 0 Å². The van der Waals surface area contributed by atoms with Crippen LogP contribution in [0, 0.1) is 11.3 Å². The maximum absolute atomic E-state index is 4.54. The molecule has 2 unspecified atom stereocenters. The average Bonchev–Trinajstić information content (AvgIpc) is 2.83. The van der Waals surface area contributed by atoms with Crippen molar-refractivity contribution in [3.63, 3.8) is 0 Å². The number of likely N-dealkylation sites (N-methyl/N-ethyl adjacent to an activating group) is 1. The van der Waals surface area contributed by atoms with Crippen LogP contribution in [0.25, 0.3) is 0 Å². The first-order valence-corrected chi connectivity index (χ1v) is 7.75. The van der Waals surface area contributed by atoms with E-state index in [0.717, 1.165) is 18.9 Å². The molecule has 0 amide bonds. The van der Waals surface area contributed by atoms with Crippen LogP contribution in [0.4, 0.5) is 0 Å². The summed E-state index contributed by atoms with van der Waals surface area (Å²) in [5.41, 5.74) is 0.454. The van der Waals surface area contributed by atoms with Gasteiger partial charge < -0.3 is 9.88 Å². The number of aryl methyl sites for hydroxylation is 1. The highest BCUT2D eigenvalue weighted by Crippen LogP contribution is 2.42. The van der Waals surface area contributed by atoms with Crippen molar-refractivity contribution in [3.05, 3.63) is 18.2 Å². The second-order valence-corrected chi connectivity index (χ2v) is 6.57. The van der Waals surface area contributed by atoms with E-state index < -0.39 is 0 Å². The van der Waals surface area contributed by atoms with Crippen molar-refractivity contribution >= 4 is 0 Å². The molecule has 2 atom stereocenters. The predicted octanol–water partition coefficient (Wildman–Crippen LogP) is 3.25. The van der Waals surface area contributed by atoms with Crippen LogP contribution in [0.15, 0.2) is 12.4 Å². The van der Waals surface area contributed by atoms with E-state index in [1.54, 1.807) is 0 Å². The number of aromatic nitrogens is 2. The molecule has 3 heteroatoms. The molecule has 1 heterocycles. The quantitative estimate of drug-likeness (QED) is 0.884. The molecule has 0 bridgehead atoms. The molecule has 1 saturated carbocycles. The van der Waals surface area contributed by atoms with Gasteiger partial charge in [0.2, 0.25) is 0 Å². The summed E-state index contributed by atoms with van der Waals surface area (Å²) in [5, 5.41) is 3.56. The van der Waals surface area contributed by atoms with Crippen LogP contribution < -0.4 is 5.32 Å². The minimum Gasteiger partial charge on any atom is -0.335 e. The maximum atomic E-state index is 4.54. The first-order valence-electron chi connectivity index (χ1n) is 7.75. The van der Waals surface area contributed by atoms with Gasteiger partial charge in [-0.25, -0.2) is 4.98 Å². The molecule has 2 rings (SSSR count). The molecule has 0 aromatic carbocycles. The molecule has 1 fully saturated rings. The lowest BCUT2D eigenvalue weighted by Gasteiger charge is -2.43. The molecule has 1 N–H and O–H groups in total. The molecule has 0 radical (unpaired) electrons. The van der Waals surface area contributed by atoms with Gasteiger partial charge in [-0.3, -0.25) is 0 Å². The highest BCUT2D eigenvalue weighted by molar-refractivity contribution is 4.99. The fourth-order valence-electron chi connectivity index (χ4n) is 3.73. The summed E-state index contributed by atoms with van der Waals surface area (Å²) >= 11 is 0. The van der Waals surface area contributed by atoms with Crippen molar-refractivity contribution in [2.24, 2.45) is 11.3 Å². The van der Waals surface area contributed by atoms with Crippen molar-refractivity contribution in [3.8, 4) is 0 Å². The van der Waals surface area contributed by atoms with Crippen LogP contribution in [0.3, 0.4) is 0 Å². The van der Waals surface area contributed by atoms with Gasteiger partial charge in [0, 0.05) is 31.4 Å². The van der Waals surface area contributed by atoms with Gasteiger partial charge in [-0.05, 0) is 38.1 Å². The van der Waals surface area contributed by atoms with Crippen LogP contribution in [0.2, 0.25) is 0 Å². The maximum Gasteiger partial charge on any atom is 0.110 e. The zero-order valence-electron chi connectivity index (χ0n) is 12.9. The molecule has 0 spiro atoms. The number of nitrogens with zero attached hydrogens (tertiary/aromatic N) is 2. The average molecular weight is 263 g/mol. The Morgan fingerprint density at radius 1 is 1.47 bits per heavy atom. The molecule has 0 aliphatic heterocycles. The normalized spacial score (nSPS) is 24.3. The van der Waals surface area contributed by atoms with E-state index in [0.29, 0.717) is 11.5 Å². The largest absolute Gasteiger partial charge is 0.335 e. The lowest BCUT2D eigenvalue weighted by molar-refractivity contribution is 0.100. The third kappa shape index (κ3) is 3.19. The second-order valence-electron chi connectivity index (χ2n) is 6.57. The van der Waals surface area contributed by atoms with E-state index >= 15 is 0 Å². The SMILES string of the molecule is CCn1ccnc1CC(NC)C1CCCCC1(C)C. The van der Waals surface area contributed by atoms with Crippen molar-refractivity contribution < 1.29 is 0 Å². The zero-order valence-corrected chi connectivity index (χ0v) is 12.9. The Morgan fingerprint density at radius 3 is 2.89 bits per heavy atom. The molecule has 1 aliphatic carbocycles. The molecule has 3 nitrogen and oxygen atoms in total. The lowest BCUT2D eigenvalue weighted by atomic mass is 9.65. The van der Waals surface area contributed by atoms with Crippen molar-refractivity contribution in [2.45, 2.75) is 65.5 Å². The summed E-state index contributed by atoms with van der Waals surface area (Å²) in [7, 11) is 2.11. The Bertz CT molecular complexity index is 394. The van der Waals surface area contributed by atoms with Crippen LogP contribution in [-0.4, -0.2) is 22.6 Å². The van der Waals surface area contributed by atoms with E-state index in [-0.39, 0.29) is 0 Å². The zero-order chi connectivity index (χ0) is 13.9. The summed E-state index contributed by atoms with van der Waals surface area (Å²) in [4.78, 5) is 4.54. The molecular formula is C16H29N3. The molecule has 108 valence electrons. The molecule has 1 aromatic heterocycles. The fraction of sp³-hybridized carbons (Fsp3) is 0.812. The molecule has 0 saturated heterocycles. The molecule has 1 aromatic rings. The van der Waals surface area contributed by atoms with E-state index in [4.69, 9.17) is 0 Å². The van der Waals surface area contributed by atoms with Gasteiger partial charge >= 0.3 is 0 Å². The van der Waals surface area contributed by atoms with Crippen molar-refractivity contribution in [1.82, 2.24) is 14.9 Å². The minimum atomic E-state index is 0.454. The summed E-state index contributed by atoms with van der Waals surface area (Å²) < 4.78 is 2.26. The number of hydrogen-bond acceptors (Lipinski definition) is 2. The Morgan fingerprint density at radius 2 is 2.26 bits per heavy atom. The second kappa shape index (κ2) is 6.08. The monoisotopic (exact) mass is 263 g/mol. The van der Waals surface area contributed by atoms with Crippen molar-refractivity contribution in [2.75, 3.05) is 7.05 Å². The molecule has 19 heavy (non-hydrogen) atoms. The highest BCUT2D eigenvalue weighted by Gasteiger charge is 2.37. The number of nitrogens with one attached hydrogen (secondary N) is 1. The van der Waals surface area contributed by atoms with Gasteiger partial charge in [0.05, 0.1) is 0 Å². The number of hydrogen-bond donors (Lipinski definition) is 1. The summed E-state index contributed by atoms with van der Waals surface area (Å²) in [6.07, 6.45) is 10.6. The Kier molecular flexibility index (Phi) is 4.67. The van der Waals surface area contributed by atoms with E-state index in [1.807, 2.05) is 6.20 Å². The Balaban J connectivity index is 2.11. The van der Waals surface area contributed by atoms with Crippen molar-refractivity contribution in [1.29, 1.82) is 0 Å². The highest BCUT2D eigenvalue weighted by atomic mass is 15.1. The minimum absolute atomic E-state index is 0.454. The lowest BCUT2D eigenvalue weighted by Crippen LogP contribution is -2.45. The Hall–Kier alpha value is -0.830. The summed E-state index contributed by atoms with van der Waals surface area (Å²) in [6.45, 7) is 8.07. The van der Waals surface area contributed by atoms with E-state index in [1.165, 1.54) is 31.5 Å². The third-order valence-electron chi connectivity index (χ3n) is 4.99. The van der Waals surface area contributed by atoms with E-state index in [9.17, 15) is 0 Å². The van der Waals surface area contributed by atoms with Gasteiger partial charge in [0.25, 0.3) is 0 Å². The fourth-order valence-corrected chi connectivity index (χ4v) is 3.73. The number of imidazole rings is 1. The third-order valence-corrected chi connectivity index (χ3v) is 4.99. The topological polar surface area (TPSA) is 29.9 Å². The number of rotatable bonds is 5. The van der Waals surface area contributed by atoms with Crippen LogP contribution in [-0.2, 0) is 13.0 Å². The molecular weight excluding hydrogens is 234 g/mol. The first kappa shape index (κ1) is 14.6. The summed E-state index contributed by atoms with van der Waals surface area (Å²) in [5.74, 6) is 1.98. The van der Waals surface area contributed by atoms with Gasteiger partial charge in [0.1, 0.15) is 5.82 Å². The summed E-state index contributed by atoms with van der Waals surface area (Å²) in [6, 6.07) is 0.544. The van der Waals surface area contributed by atoms with Gasteiger partial charge in [-0.1, -0.05) is 26.7 Å². The van der Waals surface area contributed by atoms with Gasteiger partial charge in [-0.2, -0.15) is 0 Å². The van der Waals surface area contributed by atoms with Crippen LogP contribution in [0.1, 0.15) is 52.3 Å². The van der Waals surface area contributed by atoms with Gasteiger partial charge in [-0.15, -0.1) is 0 Å². The molecule has 1 aliphatic rings. The smallest absolute Gasteiger partial charge is 0.110 e.